The summed E-state index contributed by atoms with van der Waals surface area (Å²) in [6, 6.07) is 8.68. The van der Waals surface area contributed by atoms with Gasteiger partial charge in [0.1, 0.15) is 0 Å². The van der Waals surface area contributed by atoms with E-state index in [0.717, 1.165) is 19.5 Å². The number of hydrogen-bond acceptors (Lipinski definition) is 2. The Labute approximate surface area is 111 Å². The molecule has 1 aliphatic carbocycles. The van der Waals surface area contributed by atoms with Crippen molar-refractivity contribution in [3.05, 3.63) is 35.4 Å². The van der Waals surface area contributed by atoms with E-state index in [-0.39, 0.29) is 6.10 Å². The predicted octanol–water partition coefficient (Wildman–Crippen LogP) is 2.98. The monoisotopic (exact) mass is 247 g/mol. The Kier molecular flexibility index (Phi) is 4.79. The van der Waals surface area contributed by atoms with Crippen LogP contribution in [0.3, 0.4) is 0 Å². The van der Waals surface area contributed by atoms with Crippen molar-refractivity contribution < 1.29 is 5.11 Å². The molecule has 2 rings (SSSR count). The molecule has 100 valence electrons. The third kappa shape index (κ3) is 3.82. The van der Waals surface area contributed by atoms with Crippen LogP contribution in [0.25, 0.3) is 0 Å². The van der Waals surface area contributed by atoms with Gasteiger partial charge < -0.3 is 10.0 Å². The van der Waals surface area contributed by atoms with E-state index in [1.807, 2.05) is 0 Å². The lowest BCUT2D eigenvalue weighted by atomic mass is 9.86. The second kappa shape index (κ2) is 6.35. The molecule has 0 heterocycles. The van der Waals surface area contributed by atoms with Crippen LogP contribution in [0.4, 0.5) is 0 Å². The zero-order valence-corrected chi connectivity index (χ0v) is 11.6. The van der Waals surface area contributed by atoms with Gasteiger partial charge in [-0.05, 0) is 38.3 Å². The molecule has 1 aliphatic rings. The zero-order valence-electron chi connectivity index (χ0n) is 11.6. The van der Waals surface area contributed by atoms with Gasteiger partial charge in [0.05, 0.1) is 6.10 Å². The minimum Gasteiger partial charge on any atom is -0.393 e. The molecular formula is C16H25NO. The molecule has 0 spiro atoms. The van der Waals surface area contributed by atoms with Crippen LogP contribution in [-0.2, 0) is 6.54 Å². The smallest absolute Gasteiger partial charge is 0.0580 e. The van der Waals surface area contributed by atoms with Gasteiger partial charge in [-0.3, -0.25) is 0 Å². The van der Waals surface area contributed by atoms with Gasteiger partial charge in [0.25, 0.3) is 0 Å². The van der Waals surface area contributed by atoms with E-state index in [4.69, 9.17) is 0 Å². The van der Waals surface area contributed by atoms with Crippen LogP contribution < -0.4 is 0 Å². The highest BCUT2D eigenvalue weighted by Crippen LogP contribution is 2.25. The zero-order chi connectivity index (χ0) is 13.0. The van der Waals surface area contributed by atoms with Gasteiger partial charge in [-0.25, -0.2) is 0 Å². The summed E-state index contributed by atoms with van der Waals surface area (Å²) in [5, 5.41) is 10.0. The summed E-state index contributed by atoms with van der Waals surface area (Å²) in [6.45, 7) is 4.12. The third-order valence-corrected chi connectivity index (χ3v) is 3.95. The van der Waals surface area contributed by atoms with Gasteiger partial charge in [-0.15, -0.1) is 0 Å². The fourth-order valence-electron chi connectivity index (χ4n) is 2.99. The van der Waals surface area contributed by atoms with Crippen molar-refractivity contribution in [2.45, 2.75) is 45.3 Å². The van der Waals surface area contributed by atoms with Crippen molar-refractivity contribution in [1.29, 1.82) is 0 Å². The summed E-state index contributed by atoms with van der Waals surface area (Å²) in [5.41, 5.74) is 2.68. The van der Waals surface area contributed by atoms with Gasteiger partial charge in [0.15, 0.2) is 0 Å². The van der Waals surface area contributed by atoms with E-state index in [0.29, 0.717) is 5.92 Å². The van der Waals surface area contributed by atoms with Crippen molar-refractivity contribution in [2.24, 2.45) is 5.92 Å². The lowest BCUT2D eigenvalue weighted by molar-refractivity contribution is 0.0502. The maximum Gasteiger partial charge on any atom is 0.0580 e. The topological polar surface area (TPSA) is 23.5 Å². The average molecular weight is 247 g/mol. The first kappa shape index (κ1) is 13.6. The van der Waals surface area contributed by atoms with Crippen LogP contribution >= 0.6 is 0 Å². The highest BCUT2D eigenvalue weighted by Gasteiger charge is 2.23. The van der Waals surface area contributed by atoms with Gasteiger partial charge in [-0.1, -0.05) is 42.7 Å². The molecule has 2 heteroatoms. The van der Waals surface area contributed by atoms with E-state index >= 15 is 0 Å². The molecule has 0 amide bonds. The standard InChI is InChI=1S/C16H25NO/c1-13-6-5-7-14(10-13)11-17(2)12-15-8-3-4-9-16(15)18/h5-7,10,15-16,18H,3-4,8-9,11-12H2,1-2H3. The molecule has 2 atom stereocenters. The minimum atomic E-state index is -0.0845. The number of hydrogen-bond donors (Lipinski definition) is 1. The summed E-state index contributed by atoms with van der Waals surface area (Å²) in [5.74, 6) is 0.466. The Hall–Kier alpha value is -0.860. The number of aliphatic hydroxyl groups excluding tert-OH is 1. The normalized spacial score (nSPS) is 24.4. The summed E-state index contributed by atoms with van der Waals surface area (Å²) in [4.78, 5) is 2.34. The van der Waals surface area contributed by atoms with Crippen LogP contribution in [0.1, 0.15) is 36.8 Å². The van der Waals surface area contributed by atoms with Crippen LogP contribution in [0.5, 0.6) is 0 Å². The second-order valence-corrected chi connectivity index (χ2v) is 5.80. The van der Waals surface area contributed by atoms with Crippen LogP contribution in [0, 0.1) is 12.8 Å². The Bertz CT molecular complexity index is 377. The van der Waals surface area contributed by atoms with E-state index < -0.39 is 0 Å². The molecule has 0 aliphatic heterocycles. The van der Waals surface area contributed by atoms with Gasteiger partial charge in [0, 0.05) is 13.1 Å². The molecule has 0 radical (unpaired) electrons. The molecule has 1 N–H and O–H groups in total. The molecule has 2 unspecified atom stereocenters. The Morgan fingerprint density at radius 1 is 1.28 bits per heavy atom. The number of benzene rings is 1. The van der Waals surface area contributed by atoms with Gasteiger partial charge in [0.2, 0.25) is 0 Å². The lowest BCUT2D eigenvalue weighted by Crippen LogP contribution is -2.34. The molecule has 18 heavy (non-hydrogen) atoms. The van der Waals surface area contributed by atoms with Gasteiger partial charge >= 0.3 is 0 Å². The summed E-state index contributed by atoms with van der Waals surface area (Å²) < 4.78 is 0. The van der Waals surface area contributed by atoms with Crippen molar-refractivity contribution in [1.82, 2.24) is 4.90 Å². The third-order valence-electron chi connectivity index (χ3n) is 3.95. The molecule has 2 nitrogen and oxygen atoms in total. The molecule has 1 aromatic carbocycles. The fourth-order valence-corrected chi connectivity index (χ4v) is 2.99. The first-order valence-electron chi connectivity index (χ1n) is 7.07. The molecule has 1 saturated carbocycles. The highest BCUT2D eigenvalue weighted by molar-refractivity contribution is 5.21. The van der Waals surface area contributed by atoms with Crippen molar-refractivity contribution in [3.8, 4) is 0 Å². The van der Waals surface area contributed by atoms with E-state index in [9.17, 15) is 5.11 Å². The molecule has 0 bridgehead atoms. The first-order valence-corrected chi connectivity index (χ1v) is 7.07. The van der Waals surface area contributed by atoms with Crippen molar-refractivity contribution >= 4 is 0 Å². The second-order valence-electron chi connectivity index (χ2n) is 5.80. The van der Waals surface area contributed by atoms with E-state index in [1.54, 1.807) is 0 Å². The maximum absolute atomic E-state index is 10.0. The molecular weight excluding hydrogens is 222 g/mol. The summed E-state index contributed by atoms with van der Waals surface area (Å²) in [7, 11) is 2.16. The SMILES string of the molecule is Cc1cccc(CN(C)CC2CCCCC2O)c1. The highest BCUT2D eigenvalue weighted by atomic mass is 16.3. The Morgan fingerprint density at radius 2 is 2.06 bits per heavy atom. The van der Waals surface area contributed by atoms with E-state index in [1.165, 1.54) is 30.4 Å². The first-order chi connectivity index (χ1) is 8.65. The minimum absolute atomic E-state index is 0.0845. The average Bonchev–Trinajstić information content (AvgIpc) is 2.32. The number of aliphatic hydroxyl groups is 1. The molecule has 0 aromatic heterocycles. The van der Waals surface area contributed by atoms with Crippen LogP contribution in [0.2, 0.25) is 0 Å². The number of aryl methyl sites for hydroxylation is 1. The number of nitrogens with zero attached hydrogens (tertiary/aromatic N) is 1. The Balaban J connectivity index is 1.86. The quantitative estimate of drug-likeness (QED) is 0.884. The largest absolute Gasteiger partial charge is 0.393 e. The van der Waals surface area contributed by atoms with E-state index in [2.05, 4.69) is 43.1 Å². The van der Waals surface area contributed by atoms with Crippen molar-refractivity contribution in [2.75, 3.05) is 13.6 Å². The van der Waals surface area contributed by atoms with Crippen LogP contribution in [-0.4, -0.2) is 29.7 Å². The lowest BCUT2D eigenvalue weighted by Gasteiger charge is -2.31. The maximum atomic E-state index is 10.0. The summed E-state index contributed by atoms with van der Waals surface area (Å²) in [6.07, 6.45) is 4.56. The van der Waals surface area contributed by atoms with Gasteiger partial charge in [-0.2, -0.15) is 0 Å². The molecule has 1 aromatic rings. The fraction of sp³-hybridized carbons (Fsp3) is 0.625. The number of rotatable bonds is 4. The van der Waals surface area contributed by atoms with Crippen LogP contribution in [0.15, 0.2) is 24.3 Å². The predicted molar refractivity (Wildman–Crippen MR) is 75.5 cm³/mol. The summed E-state index contributed by atoms with van der Waals surface area (Å²) >= 11 is 0. The Morgan fingerprint density at radius 3 is 2.78 bits per heavy atom. The molecule has 1 fully saturated rings. The van der Waals surface area contributed by atoms with Crippen molar-refractivity contribution in [3.63, 3.8) is 0 Å². The molecule has 0 saturated heterocycles.